The summed E-state index contributed by atoms with van der Waals surface area (Å²) in [4.78, 5) is 44.4. The molecule has 4 rings (SSSR count). The molecule has 36 heavy (non-hydrogen) atoms. The van der Waals surface area contributed by atoms with Gasteiger partial charge in [-0.1, -0.05) is 23.8 Å². The summed E-state index contributed by atoms with van der Waals surface area (Å²) in [6.07, 6.45) is 4.69. The van der Waals surface area contributed by atoms with Gasteiger partial charge in [-0.05, 0) is 57.4 Å². The van der Waals surface area contributed by atoms with Crippen molar-refractivity contribution in [1.29, 1.82) is 0 Å². The molecule has 3 saturated heterocycles. The van der Waals surface area contributed by atoms with Crippen LogP contribution >= 0.6 is 11.6 Å². The van der Waals surface area contributed by atoms with Gasteiger partial charge in [0.1, 0.15) is 17.6 Å². The lowest BCUT2D eigenvalue weighted by Crippen LogP contribution is -2.58. The minimum absolute atomic E-state index is 0.158. The number of likely N-dealkylation sites (tertiary alicyclic amines) is 1. The van der Waals surface area contributed by atoms with Gasteiger partial charge < -0.3 is 24.4 Å². The van der Waals surface area contributed by atoms with Crippen molar-refractivity contribution in [3.8, 4) is 0 Å². The number of esters is 1. The third-order valence-corrected chi connectivity index (χ3v) is 7.98. The average molecular weight is 517 g/mol. The molecular formula is C27H33ClN2O6. The highest BCUT2D eigenvalue weighted by Crippen LogP contribution is 2.63. The van der Waals surface area contributed by atoms with E-state index in [1.165, 1.54) is 9.80 Å². The Bertz CT molecular complexity index is 1060. The number of fused-ring (bicyclic) bond motifs is 1. The van der Waals surface area contributed by atoms with E-state index in [0.29, 0.717) is 30.0 Å². The van der Waals surface area contributed by atoms with Crippen LogP contribution in [0.5, 0.6) is 0 Å². The zero-order chi connectivity index (χ0) is 26.3. The smallest absolute Gasteiger partial charge is 0.312 e. The Morgan fingerprint density at radius 3 is 2.61 bits per heavy atom. The highest BCUT2D eigenvalue weighted by atomic mass is 35.5. The molecule has 1 aromatic carbocycles. The van der Waals surface area contributed by atoms with Crippen LogP contribution in [0, 0.1) is 11.8 Å². The van der Waals surface area contributed by atoms with Crippen LogP contribution in [0.2, 0.25) is 5.02 Å². The maximum absolute atomic E-state index is 14.3. The minimum Gasteiger partial charge on any atom is -0.465 e. The highest BCUT2D eigenvalue weighted by molar-refractivity contribution is 6.30. The van der Waals surface area contributed by atoms with E-state index < -0.39 is 41.1 Å². The van der Waals surface area contributed by atoms with Crippen LogP contribution in [0.25, 0.3) is 0 Å². The number of rotatable bonds is 10. The molecule has 1 aromatic rings. The van der Waals surface area contributed by atoms with E-state index in [1.807, 2.05) is 6.92 Å². The van der Waals surface area contributed by atoms with Gasteiger partial charge in [0.2, 0.25) is 5.91 Å². The molecule has 194 valence electrons. The Labute approximate surface area is 216 Å². The van der Waals surface area contributed by atoms with Crippen molar-refractivity contribution < 1.29 is 29.0 Å². The molecule has 3 aliphatic heterocycles. The Kier molecular flexibility index (Phi) is 7.33. The van der Waals surface area contributed by atoms with Crippen LogP contribution in [-0.4, -0.2) is 70.8 Å². The molecule has 0 aromatic heterocycles. The standard InChI is InChI=1S/C27H33ClN2O6/c1-5-7-15-35-25(34)21-20-23(32)30(17(3)16-31)22(27(20)13-12-26(21,4)36-27)24(33)29(14-6-2)19-10-8-18(28)9-11-19/h5-6,8-11,17,20-22,31H,1-2,7,12-16H2,3-4H3/t17-,20+,21+,22?,26-,27?/m1/s1. The number of hydrogen-bond donors (Lipinski definition) is 1. The lowest BCUT2D eigenvalue weighted by Gasteiger charge is -2.38. The summed E-state index contributed by atoms with van der Waals surface area (Å²) in [6, 6.07) is 5.13. The number of aliphatic hydroxyl groups is 1. The van der Waals surface area contributed by atoms with Crippen molar-refractivity contribution in [2.24, 2.45) is 11.8 Å². The van der Waals surface area contributed by atoms with E-state index in [-0.39, 0.29) is 31.6 Å². The Hall–Kier alpha value is -2.68. The molecule has 0 aliphatic carbocycles. The average Bonchev–Trinajstić information content (AvgIpc) is 3.43. The number of aliphatic hydroxyl groups excluding tert-OH is 1. The number of hydrogen-bond acceptors (Lipinski definition) is 6. The van der Waals surface area contributed by atoms with Crippen LogP contribution in [-0.2, 0) is 23.9 Å². The number of carbonyl (C=O) groups excluding carboxylic acids is 3. The normalized spacial score (nSPS) is 31.2. The summed E-state index contributed by atoms with van der Waals surface area (Å²) in [6.45, 7) is 10.9. The summed E-state index contributed by atoms with van der Waals surface area (Å²) >= 11 is 6.06. The first-order valence-electron chi connectivity index (χ1n) is 12.2. The molecule has 8 nitrogen and oxygen atoms in total. The molecule has 2 amide bonds. The fourth-order valence-electron chi connectivity index (χ4n) is 6.12. The van der Waals surface area contributed by atoms with Crippen LogP contribution in [0.4, 0.5) is 5.69 Å². The van der Waals surface area contributed by atoms with Gasteiger partial charge in [0.05, 0.1) is 30.8 Å². The summed E-state index contributed by atoms with van der Waals surface area (Å²) in [7, 11) is 0. The second-order valence-corrected chi connectivity index (χ2v) is 10.4. The largest absolute Gasteiger partial charge is 0.465 e. The number of benzene rings is 1. The lowest BCUT2D eigenvalue weighted by atomic mass is 9.66. The van der Waals surface area contributed by atoms with E-state index in [1.54, 1.807) is 43.3 Å². The second kappa shape index (κ2) is 10.00. The maximum Gasteiger partial charge on any atom is 0.312 e. The zero-order valence-corrected chi connectivity index (χ0v) is 21.4. The molecule has 3 fully saturated rings. The van der Waals surface area contributed by atoms with Gasteiger partial charge in [-0.15, -0.1) is 13.2 Å². The minimum atomic E-state index is -1.21. The second-order valence-electron chi connectivity index (χ2n) is 9.96. The number of amides is 2. The molecule has 3 aliphatic rings. The van der Waals surface area contributed by atoms with Crippen molar-refractivity contribution in [3.05, 3.63) is 54.6 Å². The van der Waals surface area contributed by atoms with Crippen LogP contribution in [0.3, 0.4) is 0 Å². The Morgan fingerprint density at radius 1 is 1.31 bits per heavy atom. The number of anilines is 1. The quantitative estimate of drug-likeness (QED) is 0.291. The predicted molar refractivity (Wildman–Crippen MR) is 135 cm³/mol. The van der Waals surface area contributed by atoms with E-state index in [2.05, 4.69) is 13.2 Å². The molecule has 9 heteroatoms. The number of halogens is 1. The van der Waals surface area contributed by atoms with Crippen LogP contribution in [0.1, 0.15) is 33.1 Å². The van der Waals surface area contributed by atoms with Gasteiger partial charge in [-0.25, -0.2) is 0 Å². The monoisotopic (exact) mass is 516 g/mol. The first-order chi connectivity index (χ1) is 17.1. The Balaban J connectivity index is 1.77. The van der Waals surface area contributed by atoms with Gasteiger partial charge in [0.25, 0.3) is 5.91 Å². The van der Waals surface area contributed by atoms with Crippen molar-refractivity contribution in [3.63, 3.8) is 0 Å². The first-order valence-corrected chi connectivity index (χ1v) is 12.6. The molecule has 0 saturated carbocycles. The number of carbonyl (C=O) groups is 3. The highest BCUT2D eigenvalue weighted by Gasteiger charge is 2.79. The third-order valence-electron chi connectivity index (χ3n) is 7.72. The fourth-order valence-corrected chi connectivity index (χ4v) is 6.24. The van der Waals surface area contributed by atoms with E-state index >= 15 is 0 Å². The van der Waals surface area contributed by atoms with E-state index in [0.717, 1.165) is 0 Å². The topological polar surface area (TPSA) is 96.4 Å². The number of ether oxygens (including phenoxy) is 2. The first kappa shape index (κ1) is 26.4. The van der Waals surface area contributed by atoms with Crippen molar-refractivity contribution in [2.75, 3.05) is 24.7 Å². The summed E-state index contributed by atoms with van der Waals surface area (Å²) < 4.78 is 12.1. The molecular weight excluding hydrogens is 484 g/mol. The fraction of sp³-hybridized carbons (Fsp3) is 0.519. The molecule has 6 atom stereocenters. The SMILES string of the molecule is C=CCCOC(=O)[C@@H]1[C@H]2C(=O)N([C@H](C)CO)C(C(=O)N(CC=C)c3ccc(Cl)cc3)C23CC[C@@]1(C)O3. The van der Waals surface area contributed by atoms with Gasteiger partial charge in [0.15, 0.2) is 0 Å². The van der Waals surface area contributed by atoms with Crippen LogP contribution < -0.4 is 4.90 Å². The molecule has 1 spiro atoms. The zero-order valence-electron chi connectivity index (χ0n) is 20.7. The molecule has 3 heterocycles. The summed E-state index contributed by atoms with van der Waals surface area (Å²) in [5, 5.41) is 10.5. The van der Waals surface area contributed by atoms with E-state index in [4.69, 9.17) is 21.1 Å². The van der Waals surface area contributed by atoms with Gasteiger partial charge in [-0.2, -0.15) is 0 Å². The summed E-state index contributed by atoms with van der Waals surface area (Å²) in [5.41, 5.74) is -1.55. The Morgan fingerprint density at radius 2 is 2.00 bits per heavy atom. The van der Waals surface area contributed by atoms with Gasteiger partial charge in [0, 0.05) is 17.3 Å². The van der Waals surface area contributed by atoms with Crippen molar-refractivity contribution in [1.82, 2.24) is 4.90 Å². The molecule has 2 unspecified atom stereocenters. The molecule has 0 radical (unpaired) electrons. The summed E-state index contributed by atoms with van der Waals surface area (Å²) in [5.74, 6) is -2.98. The van der Waals surface area contributed by atoms with Gasteiger partial charge >= 0.3 is 5.97 Å². The van der Waals surface area contributed by atoms with E-state index in [9.17, 15) is 19.5 Å². The van der Waals surface area contributed by atoms with Crippen molar-refractivity contribution in [2.45, 2.75) is 56.4 Å². The van der Waals surface area contributed by atoms with Crippen LogP contribution in [0.15, 0.2) is 49.6 Å². The van der Waals surface area contributed by atoms with Gasteiger partial charge in [-0.3, -0.25) is 14.4 Å². The third kappa shape index (κ3) is 4.05. The number of nitrogens with zero attached hydrogens (tertiary/aromatic N) is 2. The predicted octanol–water partition coefficient (Wildman–Crippen LogP) is 3.12. The lowest BCUT2D eigenvalue weighted by molar-refractivity contribution is -0.160. The maximum atomic E-state index is 14.3. The molecule has 2 bridgehead atoms. The van der Waals surface area contributed by atoms with Crippen molar-refractivity contribution >= 4 is 35.1 Å². The molecule has 1 N–H and O–H groups in total.